The van der Waals surface area contributed by atoms with E-state index in [1.807, 2.05) is 36.4 Å². The van der Waals surface area contributed by atoms with Crippen molar-refractivity contribution in [2.45, 2.75) is 13.2 Å². The Hall–Kier alpha value is -3.10. The second kappa shape index (κ2) is 9.36. The van der Waals surface area contributed by atoms with Gasteiger partial charge in [0.1, 0.15) is 0 Å². The molecule has 8 heteroatoms. The van der Waals surface area contributed by atoms with Crippen molar-refractivity contribution in [2.75, 3.05) is 47.5 Å². The van der Waals surface area contributed by atoms with Crippen LogP contribution in [0.4, 0.5) is 0 Å². The fourth-order valence-corrected chi connectivity index (χ4v) is 4.04. The molecular formula is C23H28N4O4. The van der Waals surface area contributed by atoms with Crippen LogP contribution in [0.25, 0.3) is 10.8 Å². The van der Waals surface area contributed by atoms with E-state index in [0.29, 0.717) is 29.3 Å². The summed E-state index contributed by atoms with van der Waals surface area (Å²) in [5.74, 6) is 1.97. The molecule has 3 aromatic rings. The largest absolute Gasteiger partial charge is 0.493 e. The van der Waals surface area contributed by atoms with E-state index < -0.39 is 0 Å². The number of hydrogen-bond acceptors (Lipinski definition) is 7. The molecule has 0 N–H and O–H groups in total. The third-order valence-electron chi connectivity index (χ3n) is 5.74. The normalized spacial score (nSPS) is 15.2. The fraction of sp³-hybridized carbons (Fsp3) is 0.391. The van der Waals surface area contributed by atoms with Crippen molar-refractivity contribution in [1.82, 2.24) is 19.6 Å². The zero-order chi connectivity index (χ0) is 21.8. The average Bonchev–Trinajstić information content (AvgIpc) is 2.81. The van der Waals surface area contributed by atoms with Crippen LogP contribution in [-0.4, -0.2) is 67.1 Å². The highest BCUT2D eigenvalue weighted by Crippen LogP contribution is 2.40. The van der Waals surface area contributed by atoms with E-state index in [0.717, 1.165) is 43.7 Å². The minimum absolute atomic E-state index is 0.0457. The van der Waals surface area contributed by atoms with E-state index in [-0.39, 0.29) is 5.56 Å². The number of nitrogens with zero attached hydrogens (tertiary/aromatic N) is 4. The second-order valence-corrected chi connectivity index (χ2v) is 7.57. The molecule has 2 aromatic carbocycles. The molecule has 1 aliphatic rings. The summed E-state index contributed by atoms with van der Waals surface area (Å²) in [6, 6.07) is 11.5. The van der Waals surface area contributed by atoms with Crippen molar-refractivity contribution in [1.29, 1.82) is 0 Å². The molecule has 8 nitrogen and oxygen atoms in total. The second-order valence-electron chi connectivity index (χ2n) is 7.57. The molecule has 0 radical (unpaired) electrons. The van der Waals surface area contributed by atoms with Gasteiger partial charge in [-0.05, 0) is 12.1 Å². The molecule has 0 amide bonds. The molecule has 0 aliphatic carbocycles. The average molecular weight is 425 g/mol. The van der Waals surface area contributed by atoms with Crippen LogP contribution < -0.4 is 19.8 Å². The minimum Gasteiger partial charge on any atom is -0.493 e. The first-order valence-corrected chi connectivity index (χ1v) is 10.3. The zero-order valence-corrected chi connectivity index (χ0v) is 18.2. The molecule has 0 saturated carbocycles. The highest BCUT2D eigenvalue weighted by Gasteiger charge is 2.22. The summed E-state index contributed by atoms with van der Waals surface area (Å²) in [6.45, 7) is 4.75. The molecule has 0 bridgehead atoms. The van der Waals surface area contributed by atoms with E-state index in [9.17, 15) is 4.79 Å². The Bertz CT molecular complexity index is 1110. The molecule has 0 spiro atoms. The summed E-state index contributed by atoms with van der Waals surface area (Å²) in [4.78, 5) is 17.3. The molecule has 0 unspecified atom stereocenters. The van der Waals surface area contributed by atoms with Gasteiger partial charge in [-0.3, -0.25) is 14.6 Å². The van der Waals surface area contributed by atoms with Crippen molar-refractivity contribution in [3.63, 3.8) is 0 Å². The molecule has 31 heavy (non-hydrogen) atoms. The summed E-state index contributed by atoms with van der Waals surface area (Å²) < 4.78 is 18.0. The molecule has 1 saturated heterocycles. The molecule has 4 rings (SSSR count). The standard InChI is InChI=1S/C23H28N4O4/c1-29-20-9-8-18(21(30-2)22(20)31-3)15-25-10-12-26(13-11-25)16-27-23(28)19-7-5-4-6-17(19)14-24-27/h4-9,14H,10-13,15-16H2,1-3H3. The zero-order valence-electron chi connectivity index (χ0n) is 18.2. The lowest BCUT2D eigenvalue weighted by molar-refractivity contribution is 0.0965. The highest BCUT2D eigenvalue weighted by atomic mass is 16.5. The fourth-order valence-electron chi connectivity index (χ4n) is 4.04. The molecule has 164 valence electrons. The van der Waals surface area contributed by atoms with Gasteiger partial charge in [-0.25, -0.2) is 4.68 Å². The Morgan fingerprint density at radius 3 is 2.29 bits per heavy atom. The lowest BCUT2D eigenvalue weighted by Crippen LogP contribution is -2.47. The number of fused-ring (bicyclic) bond motifs is 1. The monoisotopic (exact) mass is 424 g/mol. The predicted molar refractivity (Wildman–Crippen MR) is 119 cm³/mol. The van der Waals surface area contributed by atoms with E-state index in [1.165, 1.54) is 0 Å². The van der Waals surface area contributed by atoms with Gasteiger partial charge in [0.15, 0.2) is 11.5 Å². The number of ether oxygens (including phenoxy) is 3. The van der Waals surface area contributed by atoms with Crippen LogP contribution in [0.1, 0.15) is 5.56 Å². The van der Waals surface area contributed by atoms with Crippen LogP contribution in [0, 0.1) is 0 Å². The molecule has 1 fully saturated rings. The number of aromatic nitrogens is 2. The SMILES string of the molecule is COc1ccc(CN2CCN(Cn3ncc4ccccc4c3=O)CC2)c(OC)c1OC. The van der Waals surface area contributed by atoms with Crippen molar-refractivity contribution >= 4 is 10.8 Å². The highest BCUT2D eigenvalue weighted by molar-refractivity contribution is 5.80. The smallest absolute Gasteiger partial charge is 0.275 e. The lowest BCUT2D eigenvalue weighted by Gasteiger charge is -2.34. The first-order chi connectivity index (χ1) is 15.1. The molecule has 1 aromatic heterocycles. The van der Waals surface area contributed by atoms with Gasteiger partial charge in [0.25, 0.3) is 5.56 Å². The van der Waals surface area contributed by atoms with Crippen LogP contribution in [-0.2, 0) is 13.2 Å². The van der Waals surface area contributed by atoms with Crippen molar-refractivity contribution in [2.24, 2.45) is 0 Å². The Balaban J connectivity index is 1.41. The van der Waals surface area contributed by atoms with E-state index >= 15 is 0 Å². The van der Waals surface area contributed by atoms with Crippen molar-refractivity contribution < 1.29 is 14.2 Å². The van der Waals surface area contributed by atoms with Gasteiger partial charge >= 0.3 is 0 Å². The molecular weight excluding hydrogens is 396 g/mol. The summed E-state index contributed by atoms with van der Waals surface area (Å²) >= 11 is 0. The van der Waals surface area contributed by atoms with Crippen molar-refractivity contribution in [3.8, 4) is 17.2 Å². The van der Waals surface area contributed by atoms with Crippen LogP contribution in [0.3, 0.4) is 0 Å². The van der Waals surface area contributed by atoms with Crippen LogP contribution in [0.2, 0.25) is 0 Å². The van der Waals surface area contributed by atoms with E-state index in [1.54, 1.807) is 32.2 Å². The molecule has 0 atom stereocenters. The topological polar surface area (TPSA) is 69.1 Å². The van der Waals surface area contributed by atoms with Crippen molar-refractivity contribution in [3.05, 3.63) is 58.5 Å². The maximum absolute atomic E-state index is 12.7. The Labute approximate surface area is 181 Å². The first kappa shape index (κ1) is 21.1. The van der Waals surface area contributed by atoms with Gasteiger partial charge in [0, 0.05) is 43.7 Å². The van der Waals surface area contributed by atoms with E-state index in [2.05, 4.69) is 14.9 Å². The van der Waals surface area contributed by atoms with Gasteiger partial charge in [0.2, 0.25) is 5.75 Å². The predicted octanol–water partition coefficient (Wildman–Crippen LogP) is 2.20. The Kier molecular flexibility index (Phi) is 6.39. The Morgan fingerprint density at radius 1 is 0.871 bits per heavy atom. The lowest BCUT2D eigenvalue weighted by atomic mass is 10.1. The van der Waals surface area contributed by atoms with Crippen LogP contribution in [0.15, 0.2) is 47.4 Å². The Morgan fingerprint density at radius 2 is 1.58 bits per heavy atom. The summed E-state index contributed by atoms with van der Waals surface area (Å²) in [5.41, 5.74) is 1.01. The third-order valence-corrected chi connectivity index (χ3v) is 5.74. The maximum atomic E-state index is 12.7. The molecule has 2 heterocycles. The first-order valence-electron chi connectivity index (χ1n) is 10.3. The maximum Gasteiger partial charge on any atom is 0.275 e. The van der Waals surface area contributed by atoms with E-state index in [4.69, 9.17) is 14.2 Å². The summed E-state index contributed by atoms with van der Waals surface area (Å²) in [7, 11) is 4.88. The quantitative estimate of drug-likeness (QED) is 0.576. The van der Waals surface area contributed by atoms with Crippen LogP contribution >= 0.6 is 0 Å². The van der Waals surface area contributed by atoms with Gasteiger partial charge < -0.3 is 14.2 Å². The number of benzene rings is 2. The van der Waals surface area contributed by atoms with Crippen LogP contribution in [0.5, 0.6) is 17.2 Å². The number of hydrogen-bond donors (Lipinski definition) is 0. The minimum atomic E-state index is -0.0457. The summed E-state index contributed by atoms with van der Waals surface area (Å²) in [6.07, 6.45) is 1.76. The number of piperazine rings is 1. The number of rotatable bonds is 7. The van der Waals surface area contributed by atoms with Gasteiger partial charge in [-0.2, -0.15) is 5.10 Å². The summed E-state index contributed by atoms with van der Waals surface area (Å²) in [5, 5.41) is 5.93. The number of methoxy groups -OCH3 is 3. The molecule has 1 aliphatic heterocycles. The van der Waals surface area contributed by atoms with Gasteiger partial charge in [-0.15, -0.1) is 0 Å². The third kappa shape index (κ3) is 4.35. The van der Waals surface area contributed by atoms with Gasteiger partial charge in [-0.1, -0.05) is 24.3 Å². The van der Waals surface area contributed by atoms with Gasteiger partial charge in [0.05, 0.1) is 39.6 Å².